The number of benzene rings is 2. The van der Waals surface area contributed by atoms with Gasteiger partial charge < -0.3 is 0 Å². The van der Waals surface area contributed by atoms with Crippen LogP contribution < -0.4 is 5.32 Å². The van der Waals surface area contributed by atoms with Crippen molar-refractivity contribution in [2.75, 3.05) is 5.32 Å². The molecule has 3 rings (SSSR count). The van der Waals surface area contributed by atoms with Crippen molar-refractivity contribution in [3.05, 3.63) is 76.1 Å². The van der Waals surface area contributed by atoms with E-state index in [1.807, 2.05) is 49.4 Å². The first kappa shape index (κ1) is 16.4. The summed E-state index contributed by atoms with van der Waals surface area (Å²) in [7, 11) is 0. The number of nitrogens with zero attached hydrogens (tertiary/aromatic N) is 1. The monoisotopic (exact) mass is 354 g/mol. The smallest absolute Gasteiger partial charge is 0.250 e. The number of rotatable bonds is 4. The third-order valence-electron chi connectivity index (χ3n) is 3.35. The molecule has 0 bridgehead atoms. The summed E-state index contributed by atoms with van der Waals surface area (Å²) in [5.74, 6) is -0.219. The van der Waals surface area contributed by atoms with Gasteiger partial charge in [-0.25, -0.2) is 4.98 Å². The molecular weight excluding hydrogens is 340 g/mol. The van der Waals surface area contributed by atoms with E-state index in [1.165, 1.54) is 17.4 Å². The molecule has 1 N–H and O–H groups in total. The quantitative estimate of drug-likeness (QED) is 0.635. The van der Waals surface area contributed by atoms with Crippen LogP contribution in [0.1, 0.15) is 10.4 Å². The van der Waals surface area contributed by atoms with Crippen molar-refractivity contribution < 1.29 is 4.79 Å². The number of thiazole rings is 1. The summed E-state index contributed by atoms with van der Waals surface area (Å²) in [6.07, 6.45) is 3.20. The van der Waals surface area contributed by atoms with Crippen molar-refractivity contribution in [2.24, 2.45) is 0 Å². The van der Waals surface area contributed by atoms with Gasteiger partial charge in [0.2, 0.25) is 5.91 Å². The van der Waals surface area contributed by atoms with Crippen LogP contribution in [0.3, 0.4) is 0 Å². The number of hydrogen-bond acceptors (Lipinski definition) is 3. The third-order valence-corrected chi connectivity index (χ3v) is 4.47. The van der Waals surface area contributed by atoms with Gasteiger partial charge in [-0.15, -0.1) is 11.3 Å². The fourth-order valence-electron chi connectivity index (χ4n) is 2.24. The summed E-state index contributed by atoms with van der Waals surface area (Å²) < 4.78 is 0. The van der Waals surface area contributed by atoms with Crippen LogP contribution in [0.4, 0.5) is 5.13 Å². The fourth-order valence-corrected chi connectivity index (χ4v) is 3.28. The van der Waals surface area contributed by atoms with Crippen LogP contribution in [0.15, 0.2) is 60.7 Å². The van der Waals surface area contributed by atoms with E-state index in [9.17, 15) is 4.79 Å². The molecule has 24 heavy (non-hydrogen) atoms. The molecule has 0 unspecified atom stereocenters. The van der Waals surface area contributed by atoms with Crippen LogP contribution in [0.2, 0.25) is 5.02 Å². The highest BCUT2D eigenvalue weighted by molar-refractivity contribution is 7.16. The Morgan fingerprint density at radius 1 is 1.17 bits per heavy atom. The first-order valence-corrected chi connectivity index (χ1v) is 8.59. The highest BCUT2D eigenvalue weighted by Gasteiger charge is 2.10. The van der Waals surface area contributed by atoms with E-state index in [1.54, 1.807) is 18.2 Å². The molecule has 3 aromatic rings. The minimum absolute atomic E-state index is 0.219. The zero-order valence-corrected chi connectivity index (χ0v) is 14.6. The molecule has 0 aliphatic rings. The molecule has 0 saturated carbocycles. The van der Waals surface area contributed by atoms with E-state index in [4.69, 9.17) is 11.6 Å². The molecule has 0 radical (unpaired) electrons. The molecule has 1 heterocycles. The Balaban J connectivity index is 1.71. The SMILES string of the molecule is Cc1sc(NC(=O)/C=C/c2cccc(Cl)c2)nc1-c1ccccc1. The number of halogens is 1. The topological polar surface area (TPSA) is 42.0 Å². The molecule has 2 aromatic carbocycles. The zero-order valence-electron chi connectivity index (χ0n) is 13.0. The predicted molar refractivity (Wildman–Crippen MR) is 101 cm³/mol. The Hall–Kier alpha value is -2.43. The molecule has 0 fully saturated rings. The van der Waals surface area contributed by atoms with Gasteiger partial charge in [0.15, 0.2) is 5.13 Å². The van der Waals surface area contributed by atoms with Crippen molar-refractivity contribution in [1.82, 2.24) is 4.98 Å². The molecule has 120 valence electrons. The van der Waals surface area contributed by atoms with Gasteiger partial charge in [0, 0.05) is 21.5 Å². The Labute approximate surface area is 149 Å². The lowest BCUT2D eigenvalue weighted by atomic mass is 10.1. The molecule has 0 atom stereocenters. The minimum Gasteiger partial charge on any atom is -0.298 e. The van der Waals surface area contributed by atoms with Gasteiger partial charge in [0.25, 0.3) is 0 Å². The lowest BCUT2D eigenvalue weighted by Crippen LogP contribution is -2.07. The van der Waals surface area contributed by atoms with Gasteiger partial charge >= 0.3 is 0 Å². The molecular formula is C19H15ClN2OS. The molecule has 1 amide bonds. The van der Waals surface area contributed by atoms with Crippen LogP contribution in [-0.2, 0) is 4.79 Å². The Morgan fingerprint density at radius 2 is 1.96 bits per heavy atom. The van der Waals surface area contributed by atoms with Crippen LogP contribution in [0.25, 0.3) is 17.3 Å². The average molecular weight is 355 g/mol. The first-order chi connectivity index (χ1) is 11.6. The summed E-state index contributed by atoms with van der Waals surface area (Å²) in [6, 6.07) is 17.2. The van der Waals surface area contributed by atoms with E-state index < -0.39 is 0 Å². The summed E-state index contributed by atoms with van der Waals surface area (Å²) in [6.45, 7) is 2.00. The third kappa shape index (κ3) is 4.10. The second-order valence-corrected chi connectivity index (χ2v) is 6.81. The van der Waals surface area contributed by atoms with Gasteiger partial charge in [-0.1, -0.05) is 54.1 Å². The van der Waals surface area contributed by atoms with E-state index in [-0.39, 0.29) is 5.91 Å². The highest BCUT2D eigenvalue weighted by Crippen LogP contribution is 2.30. The van der Waals surface area contributed by atoms with E-state index >= 15 is 0 Å². The van der Waals surface area contributed by atoms with E-state index in [0.29, 0.717) is 10.2 Å². The number of nitrogens with one attached hydrogen (secondary N) is 1. The van der Waals surface area contributed by atoms with Crippen LogP contribution in [0, 0.1) is 6.92 Å². The first-order valence-electron chi connectivity index (χ1n) is 7.39. The predicted octanol–water partition coefficient (Wildman–Crippen LogP) is 5.42. The summed E-state index contributed by atoms with van der Waals surface area (Å²) in [5.41, 5.74) is 2.81. The number of aryl methyl sites for hydroxylation is 1. The standard InChI is InChI=1S/C19H15ClN2OS/c1-13-18(15-7-3-2-4-8-15)22-19(24-13)21-17(23)11-10-14-6-5-9-16(20)12-14/h2-12H,1H3,(H,21,22,23)/b11-10+. The van der Waals surface area contributed by atoms with Gasteiger partial charge in [-0.05, 0) is 30.7 Å². The minimum atomic E-state index is -0.219. The number of carbonyl (C=O) groups is 1. The zero-order chi connectivity index (χ0) is 16.9. The number of amides is 1. The van der Waals surface area contributed by atoms with Crippen molar-refractivity contribution >= 4 is 40.1 Å². The second-order valence-electron chi connectivity index (χ2n) is 5.17. The Kier molecular flexibility index (Phi) is 5.08. The highest BCUT2D eigenvalue weighted by atomic mass is 35.5. The molecule has 0 aliphatic heterocycles. The van der Waals surface area contributed by atoms with Crippen molar-refractivity contribution in [2.45, 2.75) is 6.92 Å². The summed E-state index contributed by atoms with van der Waals surface area (Å²) in [4.78, 5) is 17.6. The number of hydrogen-bond donors (Lipinski definition) is 1. The normalized spacial score (nSPS) is 10.9. The molecule has 3 nitrogen and oxygen atoms in total. The average Bonchev–Trinajstić information content (AvgIpc) is 2.94. The Morgan fingerprint density at radius 3 is 2.71 bits per heavy atom. The number of aromatic nitrogens is 1. The van der Waals surface area contributed by atoms with E-state index in [2.05, 4.69) is 10.3 Å². The van der Waals surface area contributed by atoms with E-state index in [0.717, 1.165) is 21.7 Å². The van der Waals surface area contributed by atoms with Gasteiger partial charge in [-0.2, -0.15) is 0 Å². The van der Waals surface area contributed by atoms with Crippen molar-refractivity contribution in [3.8, 4) is 11.3 Å². The maximum Gasteiger partial charge on any atom is 0.250 e. The fraction of sp³-hybridized carbons (Fsp3) is 0.0526. The van der Waals surface area contributed by atoms with Gasteiger partial charge in [-0.3, -0.25) is 10.1 Å². The van der Waals surface area contributed by atoms with Crippen LogP contribution in [0.5, 0.6) is 0 Å². The lowest BCUT2D eigenvalue weighted by Gasteiger charge is -1.98. The molecule has 1 aromatic heterocycles. The maximum atomic E-state index is 12.1. The van der Waals surface area contributed by atoms with Gasteiger partial charge in [0.1, 0.15) is 0 Å². The summed E-state index contributed by atoms with van der Waals surface area (Å²) >= 11 is 7.39. The van der Waals surface area contributed by atoms with Crippen LogP contribution >= 0.6 is 22.9 Å². The number of carbonyl (C=O) groups excluding carboxylic acids is 1. The summed E-state index contributed by atoms with van der Waals surface area (Å²) in [5, 5.41) is 4.04. The second kappa shape index (κ2) is 7.43. The lowest BCUT2D eigenvalue weighted by molar-refractivity contribution is -0.111. The maximum absolute atomic E-state index is 12.1. The largest absolute Gasteiger partial charge is 0.298 e. The van der Waals surface area contributed by atoms with Crippen molar-refractivity contribution in [3.63, 3.8) is 0 Å². The van der Waals surface area contributed by atoms with Gasteiger partial charge in [0.05, 0.1) is 5.69 Å². The van der Waals surface area contributed by atoms with Crippen molar-refractivity contribution in [1.29, 1.82) is 0 Å². The molecule has 0 spiro atoms. The molecule has 0 aliphatic carbocycles. The molecule has 5 heteroatoms. The van der Waals surface area contributed by atoms with Crippen LogP contribution in [-0.4, -0.2) is 10.9 Å². The molecule has 0 saturated heterocycles. The Bertz CT molecular complexity index is 887. The number of anilines is 1.